The third-order valence-electron chi connectivity index (χ3n) is 3.50. The van der Waals surface area contributed by atoms with E-state index in [2.05, 4.69) is 16.9 Å². The van der Waals surface area contributed by atoms with E-state index < -0.39 is 5.97 Å². The van der Waals surface area contributed by atoms with Crippen LogP contribution < -0.4 is 4.90 Å². The minimum Gasteiger partial charge on any atom is -0.481 e. The lowest BCUT2D eigenvalue weighted by Crippen LogP contribution is -2.43. The average Bonchev–Trinajstić information content (AvgIpc) is 2.31. The van der Waals surface area contributed by atoms with Crippen LogP contribution in [-0.4, -0.2) is 34.1 Å². The quantitative estimate of drug-likeness (QED) is 0.863. The Labute approximate surface area is 107 Å². The molecule has 0 aromatic carbocycles. The number of rotatable bonds is 2. The van der Waals surface area contributed by atoms with Crippen LogP contribution >= 0.6 is 0 Å². The van der Waals surface area contributed by atoms with Gasteiger partial charge in [0, 0.05) is 25.0 Å². The molecule has 0 radical (unpaired) electrons. The van der Waals surface area contributed by atoms with Crippen molar-refractivity contribution >= 4 is 11.9 Å². The normalized spacial score (nSPS) is 24.1. The van der Waals surface area contributed by atoms with E-state index in [1.54, 1.807) is 6.20 Å². The van der Waals surface area contributed by atoms with Gasteiger partial charge in [-0.05, 0) is 31.7 Å². The van der Waals surface area contributed by atoms with E-state index in [9.17, 15) is 4.79 Å². The molecule has 1 aromatic heterocycles. The van der Waals surface area contributed by atoms with Crippen LogP contribution in [0.1, 0.15) is 24.6 Å². The van der Waals surface area contributed by atoms with Crippen molar-refractivity contribution in [1.82, 2.24) is 9.97 Å². The summed E-state index contributed by atoms with van der Waals surface area (Å²) in [4.78, 5) is 21.9. The van der Waals surface area contributed by atoms with Gasteiger partial charge in [-0.1, -0.05) is 6.92 Å². The zero-order chi connectivity index (χ0) is 13.3. The molecule has 1 aromatic rings. The summed E-state index contributed by atoms with van der Waals surface area (Å²) >= 11 is 0. The van der Waals surface area contributed by atoms with Gasteiger partial charge in [-0.25, -0.2) is 9.97 Å². The van der Waals surface area contributed by atoms with Gasteiger partial charge in [-0.15, -0.1) is 0 Å². The van der Waals surface area contributed by atoms with E-state index >= 15 is 0 Å². The highest BCUT2D eigenvalue weighted by molar-refractivity contribution is 5.71. The van der Waals surface area contributed by atoms with Gasteiger partial charge in [0.15, 0.2) is 0 Å². The van der Waals surface area contributed by atoms with Crippen molar-refractivity contribution < 1.29 is 9.90 Å². The second-order valence-corrected chi connectivity index (χ2v) is 5.22. The van der Waals surface area contributed by atoms with Crippen LogP contribution in [0, 0.1) is 25.7 Å². The molecule has 0 amide bonds. The third-order valence-corrected chi connectivity index (χ3v) is 3.50. The third kappa shape index (κ3) is 2.60. The van der Waals surface area contributed by atoms with Crippen molar-refractivity contribution in [3.8, 4) is 0 Å². The lowest BCUT2D eigenvalue weighted by Gasteiger charge is -2.34. The number of aryl methyl sites for hydroxylation is 2. The van der Waals surface area contributed by atoms with E-state index in [-0.39, 0.29) is 5.92 Å². The number of hydrogen-bond donors (Lipinski definition) is 1. The molecule has 1 aliphatic heterocycles. The van der Waals surface area contributed by atoms with Crippen molar-refractivity contribution in [3.05, 3.63) is 17.5 Å². The predicted octanol–water partition coefficient (Wildman–Crippen LogP) is 1.64. The summed E-state index contributed by atoms with van der Waals surface area (Å²) in [7, 11) is 0. The Balaban J connectivity index is 2.21. The summed E-state index contributed by atoms with van der Waals surface area (Å²) in [5.41, 5.74) is 2.00. The maximum atomic E-state index is 11.1. The number of aromatic nitrogens is 2. The maximum absolute atomic E-state index is 11.1. The van der Waals surface area contributed by atoms with Crippen LogP contribution in [0.15, 0.2) is 6.20 Å². The molecule has 0 bridgehead atoms. The molecule has 0 spiro atoms. The van der Waals surface area contributed by atoms with Crippen molar-refractivity contribution in [2.45, 2.75) is 27.2 Å². The molecule has 0 saturated carbocycles. The van der Waals surface area contributed by atoms with Crippen LogP contribution in [0.2, 0.25) is 0 Å². The van der Waals surface area contributed by atoms with Crippen LogP contribution in [0.5, 0.6) is 0 Å². The Kier molecular flexibility index (Phi) is 3.50. The molecule has 1 aliphatic rings. The molecule has 2 rings (SSSR count). The zero-order valence-corrected chi connectivity index (χ0v) is 11.1. The number of carboxylic acid groups (broad SMARTS) is 1. The highest BCUT2D eigenvalue weighted by atomic mass is 16.4. The monoisotopic (exact) mass is 249 g/mol. The molecule has 1 fully saturated rings. The van der Waals surface area contributed by atoms with Gasteiger partial charge >= 0.3 is 5.97 Å². The lowest BCUT2D eigenvalue weighted by molar-refractivity contribution is -0.142. The van der Waals surface area contributed by atoms with Gasteiger partial charge in [-0.3, -0.25) is 4.79 Å². The molecule has 1 N–H and O–H groups in total. The van der Waals surface area contributed by atoms with Crippen LogP contribution in [0.4, 0.5) is 5.95 Å². The van der Waals surface area contributed by atoms with E-state index in [1.807, 2.05) is 18.7 Å². The number of piperidine rings is 1. The van der Waals surface area contributed by atoms with Gasteiger partial charge in [0.2, 0.25) is 5.95 Å². The van der Waals surface area contributed by atoms with Gasteiger partial charge in [0.25, 0.3) is 0 Å². The van der Waals surface area contributed by atoms with Gasteiger partial charge in [-0.2, -0.15) is 0 Å². The fourth-order valence-corrected chi connectivity index (χ4v) is 2.36. The Bertz CT molecular complexity index is 462. The molecule has 5 nitrogen and oxygen atoms in total. The van der Waals surface area contributed by atoms with E-state index in [1.165, 1.54) is 0 Å². The Hall–Kier alpha value is -1.65. The molecule has 0 aliphatic carbocycles. The molecule has 18 heavy (non-hydrogen) atoms. The topological polar surface area (TPSA) is 66.3 Å². The number of anilines is 1. The smallest absolute Gasteiger partial charge is 0.308 e. The minimum atomic E-state index is -0.726. The molecule has 5 heteroatoms. The number of carboxylic acids is 1. The van der Waals surface area contributed by atoms with Gasteiger partial charge in [0.05, 0.1) is 5.92 Å². The van der Waals surface area contributed by atoms with E-state index in [0.717, 1.165) is 24.2 Å². The maximum Gasteiger partial charge on any atom is 0.308 e. The number of hydrogen-bond acceptors (Lipinski definition) is 4. The first kappa shape index (κ1) is 12.8. The second-order valence-electron chi connectivity index (χ2n) is 5.22. The summed E-state index contributed by atoms with van der Waals surface area (Å²) in [5.74, 6) is -0.0460. The molecular weight excluding hydrogens is 230 g/mol. The highest BCUT2D eigenvalue weighted by Crippen LogP contribution is 2.24. The van der Waals surface area contributed by atoms with Crippen LogP contribution in [0.3, 0.4) is 0 Å². The second kappa shape index (κ2) is 4.92. The largest absolute Gasteiger partial charge is 0.481 e. The van der Waals surface area contributed by atoms with Crippen LogP contribution in [0.25, 0.3) is 0 Å². The summed E-state index contributed by atoms with van der Waals surface area (Å²) in [5, 5.41) is 9.15. The summed E-state index contributed by atoms with van der Waals surface area (Å²) in [6, 6.07) is 0. The first-order chi connectivity index (χ1) is 8.47. The SMILES string of the molecule is Cc1cnc(N2CC(C)CC(C(=O)O)C2)nc1C. The number of aliphatic carboxylic acids is 1. The van der Waals surface area contributed by atoms with Crippen molar-refractivity contribution in [3.63, 3.8) is 0 Å². The summed E-state index contributed by atoms with van der Waals surface area (Å²) in [6.07, 6.45) is 2.53. The number of nitrogens with zero attached hydrogens (tertiary/aromatic N) is 3. The van der Waals surface area contributed by atoms with Crippen molar-refractivity contribution in [1.29, 1.82) is 0 Å². The van der Waals surface area contributed by atoms with E-state index in [4.69, 9.17) is 5.11 Å². The minimum absolute atomic E-state index is 0.320. The van der Waals surface area contributed by atoms with Crippen LogP contribution in [-0.2, 0) is 4.79 Å². The summed E-state index contributed by atoms with van der Waals surface area (Å²) in [6.45, 7) is 7.32. The zero-order valence-electron chi connectivity index (χ0n) is 11.1. The van der Waals surface area contributed by atoms with Gasteiger partial charge in [0.1, 0.15) is 0 Å². The fourth-order valence-electron chi connectivity index (χ4n) is 2.36. The Morgan fingerprint density at radius 2 is 2.17 bits per heavy atom. The van der Waals surface area contributed by atoms with Crippen molar-refractivity contribution in [2.75, 3.05) is 18.0 Å². The average molecular weight is 249 g/mol. The van der Waals surface area contributed by atoms with Gasteiger partial charge < -0.3 is 10.0 Å². The Morgan fingerprint density at radius 3 is 2.78 bits per heavy atom. The standard InChI is InChI=1S/C13H19N3O2/c1-8-4-11(12(17)18)7-16(6-8)13-14-5-9(2)10(3)15-13/h5,8,11H,4,6-7H2,1-3H3,(H,17,18). The fraction of sp³-hybridized carbons (Fsp3) is 0.615. The Morgan fingerprint density at radius 1 is 1.44 bits per heavy atom. The summed E-state index contributed by atoms with van der Waals surface area (Å²) < 4.78 is 0. The van der Waals surface area contributed by atoms with Crippen molar-refractivity contribution in [2.24, 2.45) is 11.8 Å². The first-order valence-corrected chi connectivity index (χ1v) is 6.25. The first-order valence-electron chi connectivity index (χ1n) is 6.25. The predicted molar refractivity (Wildman–Crippen MR) is 68.6 cm³/mol. The molecular formula is C13H19N3O2. The molecule has 2 unspecified atom stereocenters. The lowest BCUT2D eigenvalue weighted by atomic mass is 9.91. The molecule has 98 valence electrons. The van der Waals surface area contributed by atoms with E-state index in [0.29, 0.717) is 18.4 Å². The molecule has 2 atom stereocenters. The molecule has 1 saturated heterocycles. The molecule has 2 heterocycles. The highest BCUT2D eigenvalue weighted by Gasteiger charge is 2.30. The number of carbonyl (C=O) groups is 1.